The molecule has 132 valence electrons. The minimum Gasteiger partial charge on any atom is -0.474 e. The second kappa shape index (κ2) is 6.83. The van der Waals surface area contributed by atoms with Crippen molar-refractivity contribution in [3.8, 4) is 5.88 Å². The van der Waals surface area contributed by atoms with Crippen LogP contribution in [0.25, 0.3) is 0 Å². The van der Waals surface area contributed by atoms with Crippen molar-refractivity contribution >= 4 is 11.9 Å². The third kappa shape index (κ3) is 4.27. The summed E-state index contributed by atoms with van der Waals surface area (Å²) in [7, 11) is 0. The fraction of sp³-hybridized carbons (Fsp3) is 0.706. The summed E-state index contributed by atoms with van der Waals surface area (Å²) in [5.41, 5.74) is -0.464. The van der Waals surface area contributed by atoms with Crippen molar-refractivity contribution in [3.63, 3.8) is 0 Å². The second-order valence-electron chi connectivity index (χ2n) is 7.34. The van der Waals surface area contributed by atoms with Crippen LogP contribution in [0.1, 0.15) is 40.0 Å². The van der Waals surface area contributed by atoms with E-state index in [0.29, 0.717) is 25.1 Å². The predicted molar refractivity (Wildman–Crippen MR) is 90.3 cm³/mol. The van der Waals surface area contributed by atoms with E-state index in [1.807, 2.05) is 26.8 Å². The van der Waals surface area contributed by atoms with Crippen molar-refractivity contribution in [2.75, 3.05) is 31.1 Å². The van der Waals surface area contributed by atoms with Gasteiger partial charge in [0, 0.05) is 32.2 Å². The predicted octanol–water partition coefficient (Wildman–Crippen LogP) is 2.47. The summed E-state index contributed by atoms with van der Waals surface area (Å²) in [6.07, 6.45) is 5.04. The highest BCUT2D eigenvalue weighted by atomic mass is 16.6. The van der Waals surface area contributed by atoms with Gasteiger partial charge in [0.15, 0.2) is 0 Å². The Balaban J connectivity index is 1.54. The van der Waals surface area contributed by atoms with E-state index in [-0.39, 0.29) is 6.09 Å². The Kier molecular flexibility index (Phi) is 4.78. The molecule has 1 amide bonds. The molecule has 0 aromatic carbocycles. The van der Waals surface area contributed by atoms with Gasteiger partial charge < -0.3 is 19.3 Å². The average Bonchev–Trinajstić information content (AvgIpc) is 2.50. The maximum Gasteiger partial charge on any atom is 0.410 e. The van der Waals surface area contributed by atoms with Gasteiger partial charge in [0.1, 0.15) is 23.9 Å². The van der Waals surface area contributed by atoms with E-state index in [2.05, 4.69) is 14.9 Å². The molecule has 7 heteroatoms. The van der Waals surface area contributed by atoms with Gasteiger partial charge in [0.25, 0.3) is 0 Å². The van der Waals surface area contributed by atoms with Crippen molar-refractivity contribution in [3.05, 3.63) is 12.4 Å². The molecule has 7 nitrogen and oxygen atoms in total. The molecule has 0 unspecified atom stereocenters. The molecule has 1 saturated heterocycles. The highest BCUT2D eigenvalue weighted by molar-refractivity contribution is 5.68. The van der Waals surface area contributed by atoms with Crippen LogP contribution in [0.15, 0.2) is 12.4 Å². The molecule has 2 aliphatic rings. The van der Waals surface area contributed by atoms with Gasteiger partial charge in [-0.25, -0.2) is 14.8 Å². The van der Waals surface area contributed by atoms with E-state index < -0.39 is 5.60 Å². The first-order chi connectivity index (χ1) is 11.4. The first kappa shape index (κ1) is 16.8. The lowest BCUT2D eigenvalue weighted by molar-refractivity contribution is 0.0240. The van der Waals surface area contributed by atoms with E-state index in [4.69, 9.17) is 9.47 Å². The summed E-state index contributed by atoms with van der Waals surface area (Å²) in [5, 5.41) is 0. The molecule has 1 aromatic rings. The van der Waals surface area contributed by atoms with Crippen molar-refractivity contribution in [2.45, 2.75) is 51.7 Å². The van der Waals surface area contributed by atoms with E-state index in [1.54, 1.807) is 11.2 Å². The Hall–Kier alpha value is -2.05. The van der Waals surface area contributed by atoms with Gasteiger partial charge >= 0.3 is 6.09 Å². The zero-order chi connectivity index (χ0) is 17.2. The van der Waals surface area contributed by atoms with Crippen LogP contribution in [0.2, 0.25) is 0 Å². The van der Waals surface area contributed by atoms with Gasteiger partial charge in [0.2, 0.25) is 5.88 Å². The van der Waals surface area contributed by atoms with Gasteiger partial charge in [0.05, 0.1) is 0 Å². The smallest absolute Gasteiger partial charge is 0.410 e. The molecule has 0 spiro atoms. The van der Waals surface area contributed by atoms with Crippen molar-refractivity contribution in [1.29, 1.82) is 0 Å². The summed E-state index contributed by atoms with van der Waals surface area (Å²) >= 11 is 0. The van der Waals surface area contributed by atoms with Gasteiger partial charge in [-0.15, -0.1) is 0 Å². The fourth-order valence-corrected chi connectivity index (χ4v) is 2.67. The number of carbonyl (C=O) groups is 1. The molecule has 24 heavy (non-hydrogen) atoms. The zero-order valence-corrected chi connectivity index (χ0v) is 14.7. The number of carbonyl (C=O) groups excluding carboxylic acids is 1. The minimum absolute atomic E-state index is 0.251. The van der Waals surface area contributed by atoms with Crippen LogP contribution in [0.3, 0.4) is 0 Å². The number of aromatic nitrogens is 2. The topological polar surface area (TPSA) is 67.8 Å². The Morgan fingerprint density at radius 3 is 2.46 bits per heavy atom. The largest absolute Gasteiger partial charge is 0.474 e. The molecule has 0 bridgehead atoms. The van der Waals surface area contributed by atoms with Crippen molar-refractivity contribution in [2.24, 2.45) is 0 Å². The lowest BCUT2D eigenvalue weighted by atomic mass is 9.96. The van der Waals surface area contributed by atoms with E-state index >= 15 is 0 Å². The Morgan fingerprint density at radius 2 is 1.88 bits per heavy atom. The Morgan fingerprint density at radius 1 is 1.17 bits per heavy atom. The molecule has 3 rings (SSSR count). The van der Waals surface area contributed by atoms with Gasteiger partial charge in [-0.1, -0.05) is 0 Å². The third-order valence-corrected chi connectivity index (χ3v) is 4.22. The lowest BCUT2D eigenvalue weighted by Crippen LogP contribution is -2.50. The minimum atomic E-state index is -0.464. The van der Waals surface area contributed by atoms with Crippen molar-refractivity contribution in [1.82, 2.24) is 14.9 Å². The number of hydrogen-bond donors (Lipinski definition) is 0. The molecule has 1 aliphatic carbocycles. The van der Waals surface area contributed by atoms with E-state index in [0.717, 1.165) is 31.7 Å². The molecule has 0 N–H and O–H groups in total. The molecule has 0 atom stereocenters. The number of rotatable bonds is 3. The highest BCUT2D eigenvalue weighted by Gasteiger charge is 2.27. The number of amides is 1. The quantitative estimate of drug-likeness (QED) is 0.846. The first-order valence-corrected chi connectivity index (χ1v) is 8.62. The summed E-state index contributed by atoms with van der Waals surface area (Å²) in [4.78, 5) is 24.5. The normalized spacial score (nSPS) is 19.0. The Labute approximate surface area is 143 Å². The SMILES string of the molecule is CC(C)(C)OC(=O)N1CCN(c2cc(OC3CCC3)ncn2)CC1. The molecule has 2 heterocycles. The third-order valence-electron chi connectivity index (χ3n) is 4.22. The lowest BCUT2D eigenvalue weighted by Gasteiger charge is -2.36. The van der Waals surface area contributed by atoms with Crippen LogP contribution in [-0.2, 0) is 4.74 Å². The maximum absolute atomic E-state index is 12.1. The number of piperazine rings is 1. The monoisotopic (exact) mass is 334 g/mol. The van der Waals surface area contributed by atoms with Crippen LogP contribution < -0.4 is 9.64 Å². The zero-order valence-electron chi connectivity index (χ0n) is 14.7. The molecule has 0 radical (unpaired) electrons. The van der Waals surface area contributed by atoms with E-state index in [1.165, 1.54) is 6.42 Å². The van der Waals surface area contributed by atoms with Crippen LogP contribution in [0.5, 0.6) is 5.88 Å². The molecular formula is C17H26N4O3. The van der Waals surface area contributed by atoms with Crippen LogP contribution in [0, 0.1) is 0 Å². The average molecular weight is 334 g/mol. The van der Waals surface area contributed by atoms with Gasteiger partial charge in [-0.05, 0) is 40.0 Å². The molecule has 1 aliphatic heterocycles. The number of ether oxygens (including phenoxy) is 2. The summed E-state index contributed by atoms with van der Waals surface area (Å²) < 4.78 is 11.3. The van der Waals surface area contributed by atoms with Gasteiger partial charge in [-0.2, -0.15) is 0 Å². The Bertz CT molecular complexity index is 575. The van der Waals surface area contributed by atoms with Gasteiger partial charge in [-0.3, -0.25) is 0 Å². The fourth-order valence-electron chi connectivity index (χ4n) is 2.67. The second-order valence-corrected chi connectivity index (χ2v) is 7.34. The maximum atomic E-state index is 12.1. The molecule has 1 aromatic heterocycles. The van der Waals surface area contributed by atoms with Crippen molar-refractivity contribution < 1.29 is 14.3 Å². The van der Waals surface area contributed by atoms with Crippen LogP contribution in [-0.4, -0.2) is 58.8 Å². The summed E-state index contributed by atoms with van der Waals surface area (Å²) in [6.45, 7) is 8.33. The first-order valence-electron chi connectivity index (χ1n) is 8.62. The number of anilines is 1. The summed E-state index contributed by atoms with van der Waals surface area (Å²) in [6, 6.07) is 1.89. The standard InChI is InChI=1S/C17H26N4O3/c1-17(2,3)24-16(22)21-9-7-20(8-10-21)14-11-15(19-12-18-14)23-13-5-4-6-13/h11-13H,4-10H2,1-3H3. The molecule has 1 saturated carbocycles. The number of nitrogens with zero attached hydrogens (tertiary/aromatic N) is 4. The van der Waals surface area contributed by atoms with Crippen LogP contribution in [0.4, 0.5) is 10.6 Å². The van der Waals surface area contributed by atoms with E-state index in [9.17, 15) is 4.79 Å². The highest BCUT2D eigenvalue weighted by Crippen LogP contribution is 2.25. The number of hydrogen-bond acceptors (Lipinski definition) is 6. The molecular weight excluding hydrogens is 308 g/mol. The van der Waals surface area contributed by atoms with Crippen LogP contribution >= 0.6 is 0 Å². The molecule has 2 fully saturated rings. The summed E-state index contributed by atoms with van der Waals surface area (Å²) in [5.74, 6) is 1.49.